The number of likely N-dealkylation sites (N-methyl/N-ethyl adjacent to an activating group) is 1. The summed E-state index contributed by atoms with van der Waals surface area (Å²) in [4.78, 5) is 16.4. The van der Waals surface area contributed by atoms with Gasteiger partial charge in [-0.3, -0.25) is 9.89 Å². The number of benzene rings is 2. The number of carbonyl (C=O) groups excluding carboxylic acids is 1. The Bertz CT molecular complexity index is 1080. The van der Waals surface area contributed by atoms with Crippen LogP contribution in [0.2, 0.25) is 0 Å². The SMILES string of the molecule is Cc1nc(SCCNC(=O)CN(C)S(=O)(=O)c2ccc3ccccc3c2)n[nH]1. The first-order valence-corrected chi connectivity index (χ1v) is 11.0. The molecule has 0 saturated carbocycles. The zero-order valence-electron chi connectivity index (χ0n) is 15.5. The van der Waals surface area contributed by atoms with Gasteiger partial charge in [-0.2, -0.15) is 4.31 Å². The lowest BCUT2D eigenvalue weighted by Crippen LogP contribution is -2.39. The maximum Gasteiger partial charge on any atom is 0.243 e. The third-order valence-electron chi connectivity index (χ3n) is 4.03. The fourth-order valence-electron chi connectivity index (χ4n) is 2.57. The molecule has 0 aliphatic rings. The lowest BCUT2D eigenvalue weighted by molar-refractivity contribution is -0.121. The van der Waals surface area contributed by atoms with Crippen LogP contribution in [0.25, 0.3) is 10.8 Å². The molecule has 3 rings (SSSR count). The van der Waals surface area contributed by atoms with E-state index >= 15 is 0 Å². The van der Waals surface area contributed by atoms with Crippen molar-refractivity contribution in [3.63, 3.8) is 0 Å². The monoisotopic (exact) mass is 419 g/mol. The lowest BCUT2D eigenvalue weighted by atomic mass is 10.1. The van der Waals surface area contributed by atoms with Crippen molar-refractivity contribution < 1.29 is 13.2 Å². The summed E-state index contributed by atoms with van der Waals surface area (Å²) in [7, 11) is -2.36. The Morgan fingerprint density at radius 1 is 1.21 bits per heavy atom. The quantitative estimate of drug-likeness (QED) is 0.426. The molecule has 0 atom stereocenters. The number of carbonyl (C=O) groups is 1. The lowest BCUT2D eigenvalue weighted by Gasteiger charge is -2.17. The van der Waals surface area contributed by atoms with Gasteiger partial charge in [-0.1, -0.05) is 42.1 Å². The molecule has 0 fully saturated rings. The molecule has 10 heteroatoms. The molecule has 1 aromatic heterocycles. The molecule has 3 aromatic rings. The summed E-state index contributed by atoms with van der Waals surface area (Å²) < 4.78 is 26.6. The van der Waals surface area contributed by atoms with Crippen LogP contribution in [0, 0.1) is 6.92 Å². The molecule has 0 bridgehead atoms. The maximum absolute atomic E-state index is 12.8. The molecule has 0 saturated heterocycles. The number of aryl methyl sites for hydroxylation is 1. The summed E-state index contributed by atoms with van der Waals surface area (Å²) in [6, 6.07) is 12.5. The summed E-state index contributed by atoms with van der Waals surface area (Å²) in [6.45, 7) is 1.95. The number of aromatic nitrogens is 3. The normalized spacial score (nSPS) is 11.8. The van der Waals surface area contributed by atoms with Crippen LogP contribution in [0.1, 0.15) is 5.82 Å². The predicted molar refractivity (Wildman–Crippen MR) is 109 cm³/mol. The molecular weight excluding hydrogens is 398 g/mol. The van der Waals surface area contributed by atoms with E-state index in [9.17, 15) is 13.2 Å². The van der Waals surface area contributed by atoms with Gasteiger partial charge >= 0.3 is 0 Å². The number of rotatable bonds is 8. The van der Waals surface area contributed by atoms with Crippen molar-refractivity contribution in [3.05, 3.63) is 48.3 Å². The topological polar surface area (TPSA) is 108 Å². The standard InChI is InChI=1S/C18H21N5O3S2/c1-13-20-18(22-21-13)27-10-9-19-17(24)12-23(2)28(25,26)16-8-7-14-5-3-4-6-15(14)11-16/h3-8,11H,9-10,12H2,1-2H3,(H,19,24)(H,20,21,22). The number of hydrogen-bond acceptors (Lipinski definition) is 6. The van der Waals surface area contributed by atoms with Gasteiger partial charge in [-0.25, -0.2) is 13.4 Å². The highest BCUT2D eigenvalue weighted by Gasteiger charge is 2.23. The fraction of sp³-hybridized carbons (Fsp3) is 0.278. The van der Waals surface area contributed by atoms with Crippen molar-refractivity contribution in [2.24, 2.45) is 0 Å². The van der Waals surface area contributed by atoms with Gasteiger partial charge in [0.1, 0.15) is 5.82 Å². The predicted octanol–water partition coefficient (Wildman–Crippen LogP) is 1.80. The summed E-state index contributed by atoms with van der Waals surface area (Å²) in [5.74, 6) is 0.954. The number of H-pyrrole nitrogens is 1. The van der Waals surface area contributed by atoms with E-state index in [0.717, 1.165) is 20.9 Å². The van der Waals surface area contributed by atoms with Gasteiger partial charge in [-0.15, -0.1) is 5.10 Å². The van der Waals surface area contributed by atoms with Crippen molar-refractivity contribution in [3.8, 4) is 0 Å². The van der Waals surface area contributed by atoms with Crippen molar-refractivity contribution in [1.29, 1.82) is 0 Å². The van der Waals surface area contributed by atoms with Crippen LogP contribution in [0.15, 0.2) is 52.5 Å². The number of thioether (sulfide) groups is 1. The Kier molecular flexibility index (Phi) is 6.32. The summed E-state index contributed by atoms with van der Waals surface area (Å²) in [5.41, 5.74) is 0. The molecule has 2 aromatic carbocycles. The van der Waals surface area contributed by atoms with Crippen molar-refractivity contribution in [2.75, 3.05) is 25.9 Å². The number of sulfonamides is 1. The van der Waals surface area contributed by atoms with Crippen molar-refractivity contribution in [1.82, 2.24) is 24.8 Å². The first-order chi connectivity index (χ1) is 13.4. The molecule has 8 nitrogen and oxygen atoms in total. The Hall–Kier alpha value is -2.43. The smallest absolute Gasteiger partial charge is 0.243 e. The minimum atomic E-state index is -3.75. The number of nitrogens with one attached hydrogen (secondary N) is 2. The molecule has 1 heterocycles. The zero-order valence-corrected chi connectivity index (χ0v) is 17.2. The minimum absolute atomic E-state index is 0.164. The Morgan fingerprint density at radius 2 is 1.96 bits per heavy atom. The van der Waals surface area contributed by atoms with E-state index < -0.39 is 10.0 Å². The molecule has 0 radical (unpaired) electrons. The van der Waals surface area contributed by atoms with E-state index in [-0.39, 0.29) is 17.3 Å². The molecule has 0 unspecified atom stereocenters. The van der Waals surface area contributed by atoms with Gasteiger partial charge in [0.2, 0.25) is 21.1 Å². The summed E-state index contributed by atoms with van der Waals surface area (Å²) in [6.07, 6.45) is 0. The van der Waals surface area contributed by atoms with Crippen LogP contribution in [0.3, 0.4) is 0 Å². The first-order valence-electron chi connectivity index (χ1n) is 8.60. The zero-order chi connectivity index (χ0) is 20.1. The van der Waals surface area contributed by atoms with Crippen LogP contribution in [0.4, 0.5) is 0 Å². The number of hydrogen-bond donors (Lipinski definition) is 2. The molecule has 0 aliphatic carbocycles. The van der Waals surface area contributed by atoms with Gasteiger partial charge < -0.3 is 5.32 Å². The molecule has 0 aliphatic heterocycles. The van der Waals surface area contributed by atoms with Gasteiger partial charge in [-0.05, 0) is 29.8 Å². The third-order valence-corrected chi connectivity index (χ3v) is 6.68. The molecule has 28 heavy (non-hydrogen) atoms. The summed E-state index contributed by atoms with van der Waals surface area (Å²) in [5, 5.41) is 11.9. The van der Waals surface area contributed by atoms with Crippen molar-refractivity contribution in [2.45, 2.75) is 17.0 Å². The van der Waals surface area contributed by atoms with E-state index in [1.165, 1.54) is 18.8 Å². The highest BCUT2D eigenvalue weighted by Crippen LogP contribution is 2.21. The Morgan fingerprint density at radius 3 is 2.68 bits per heavy atom. The minimum Gasteiger partial charge on any atom is -0.354 e. The third kappa shape index (κ3) is 4.89. The largest absolute Gasteiger partial charge is 0.354 e. The van der Waals surface area contributed by atoms with E-state index in [1.807, 2.05) is 31.2 Å². The van der Waals surface area contributed by atoms with Gasteiger partial charge in [0, 0.05) is 19.3 Å². The second kappa shape index (κ2) is 8.72. The second-order valence-electron chi connectivity index (χ2n) is 6.17. The van der Waals surface area contributed by atoms with Crippen LogP contribution in [-0.4, -0.2) is 59.7 Å². The first kappa shape index (κ1) is 20.3. The fourth-order valence-corrected chi connectivity index (χ4v) is 4.43. The van der Waals surface area contributed by atoms with E-state index in [2.05, 4.69) is 20.5 Å². The molecule has 1 amide bonds. The van der Waals surface area contributed by atoms with Crippen molar-refractivity contribution >= 4 is 38.5 Å². The molecule has 0 spiro atoms. The van der Waals surface area contributed by atoms with Gasteiger partial charge in [0.15, 0.2) is 0 Å². The van der Waals surface area contributed by atoms with Gasteiger partial charge in [0.25, 0.3) is 0 Å². The van der Waals surface area contributed by atoms with Crippen LogP contribution >= 0.6 is 11.8 Å². The average molecular weight is 420 g/mol. The molecule has 148 valence electrons. The molecule has 2 N–H and O–H groups in total. The van der Waals surface area contributed by atoms with Crippen LogP contribution in [0.5, 0.6) is 0 Å². The summed E-state index contributed by atoms with van der Waals surface area (Å²) >= 11 is 1.41. The van der Waals surface area contributed by atoms with Crippen LogP contribution < -0.4 is 5.32 Å². The van der Waals surface area contributed by atoms with E-state index in [0.29, 0.717) is 17.5 Å². The number of aromatic amines is 1. The number of nitrogens with zero attached hydrogens (tertiary/aromatic N) is 3. The highest BCUT2D eigenvalue weighted by atomic mass is 32.2. The second-order valence-corrected chi connectivity index (χ2v) is 9.28. The Balaban J connectivity index is 1.54. The molecular formula is C18H21N5O3S2. The average Bonchev–Trinajstić information content (AvgIpc) is 3.10. The number of amides is 1. The number of fused-ring (bicyclic) bond motifs is 1. The van der Waals surface area contributed by atoms with E-state index in [1.54, 1.807) is 18.2 Å². The van der Waals surface area contributed by atoms with Gasteiger partial charge in [0.05, 0.1) is 11.4 Å². The van der Waals surface area contributed by atoms with Crippen LogP contribution in [-0.2, 0) is 14.8 Å². The Labute approximate surface area is 167 Å². The highest BCUT2D eigenvalue weighted by molar-refractivity contribution is 7.99. The maximum atomic E-state index is 12.8. The van der Waals surface area contributed by atoms with E-state index in [4.69, 9.17) is 0 Å².